The molecule has 0 spiro atoms. The molecule has 0 radical (unpaired) electrons. The number of piperazine rings is 1. The standard InChI is InChI=1S/C19H21Cl2N5O3/c1-11(17-23-24-18(29-17)14-5-2-12(20)10-15(14)21)25-6-8-26(9-7-25)19(28)16(27)22-13-3-4-13/h2,5,10-11,13H,3-4,6-9H2,1H3,(H,22,27)/t11-/m1/s1. The number of amides is 2. The lowest BCUT2D eigenvalue weighted by Gasteiger charge is -2.36. The summed E-state index contributed by atoms with van der Waals surface area (Å²) in [7, 11) is 0. The fourth-order valence-corrected chi connectivity index (χ4v) is 3.75. The molecule has 8 nitrogen and oxygen atoms in total. The van der Waals surface area contributed by atoms with Gasteiger partial charge in [-0.3, -0.25) is 14.5 Å². The van der Waals surface area contributed by atoms with Crippen LogP contribution in [0.3, 0.4) is 0 Å². The molecule has 1 saturated heterocycles. The van der Waals surface area contributed by atoms with E-state index >= 15 is 0 Å². The SMILES string of the molecule is C[C@H](c1nnc(-c2ccc(Cl)cc2Cl)o1)N1CCN(C(=O)C(=O)NC2CC2)CC1. The number of carbonyl (C=O) groups excluding carboxylic acids is 2. The summed E-state index contributed by atoms with van der Waals surface area (Å²) < 4.78 is 5.83. The van der Waals surface area contributed by atoms with Crippen molar-refractivity contribution in [2.45, 2.75) is 31.8 Å². The molecule has 2 aliphatic rings. The maximum absolute atomic E-state index is 12.3. The number of rotatable bonds is 4. The van der Waals surface area contributed by atoms with E-state index in [4.69, 9.17) is 27.6 Å². The van der Waals surface area contributed by atoms with E-state index in [1.54, 1.807) is 23.1 Å². The third kappa shape index (κ3) is 4.55. The predicted molar refractivity (Wildman–Crippen MR) is 107 cm³/mol. The molecule has 1 saturated carbocycles. The maximum atomic E-state index is 12.3. The highest BCUT2D eigenvalue weighted by molar-refractivity contribution is 6.36. The lowest BCUT2D eigenvalue weighted by Crippen LogP contribution is -2.53. The Labute approximate surface area is 178 Å². The van der Waals surface area contributed by atoms with E-state index in [-0.39, 0.29) is 12.1 Å². The van der Waals surface area contributed by atoms with Crippen LogP contribution in [0.5, 0.6) is 0 Å². The Bertz CT molecular complexity index is 922. The van der Waals surface area contributed by atoms with Crippen molar-refractivity contribution in [1.29, 1.82) is 0 Å². The molecule has 2 aromatic rings. The normalized spacial score (nSPS) is 18.5. The van der Waals surface area contributed by atoms with Crippen LogP contribution in [0.2, 0.25) is 10.0 Å². The summed E-state index contributed by atoms with van der Waals surface area (Å²) in [6, 6.07) is 5.13. The quantitative estimate of drug-likeness (QED) is 0.738. The van der Waals surface area contributed by atoms with Crippen molar-refractivity contribution in [3.05, 3.63) is 34.1 Å². The maximum Gasteiger partial charge on any atom is 0.311 e. The number of hydrogen-bond donors (Lipinski definition) is 1. The Balaban J connectivity index is 1.36. The molecule has 2 heterocycles. The zero-order valence-electron chi connectivity index (χ0n) is 15.9. The molecule has 10 heteroatoms. The second-order valence-electron chi connectivity index (χ2n) is 7.32. The average molecular weight is 438 g/mol. The van der Waals surface area contributed by atoms with Gasteiger partial charge in [0.1, 0.15) is 0 Å². The van der Waals surface area contributed by atoms with Crippen LogP contribution >= 0.6 is 23.2 Å². The van der Waals surface area contributed by atoms with Gasteiger partial charge in [-0.05, 0) is 38.0 Å². The van der Waals surface area contributed by atoms with E-state index in [9.17, 15) is 9.59 Å². The van der Waals surface area contributed by atoms with Crippen molar-refractivity contribution in [2.75, 3.05) is 26.2 Å². The van der Waals surface area contributed by atoms with Gasteiger partial charge in [0.2, 0.25) is 11.8 Å². The molecule has 1 N–H and O–H groups in total. The molecule has 1 aromatic heterocycles. The van der Waals surface area contributed by atoms with Gasteiger partial charge in [0.25, 0.3) is 0 Å². The first-order chi connectivity index (χ1) is 13.9. The highest BCUT2D eigenvalue weighted by atomic mass is 35.5. The molecule has 2 fully saturated rings. The number of carbonyl (C=O) groups is 2. The monoisotopic (exact) mass is 437 g/mol. The summed E-state index contributed by atoms with van der Waals surface area (Å²) in [4.78, 5) is 27.9. The first-order valence-electron chi connectivity index (χ1n) is 9.55. The van der Waals surface area contributed by atoms with Gasteiger partial charge in [0, 0.05) is 37.2 Å². The Morgan fingerprint density at radius 2 is 1.90 bits per heavy atom. The van der Waals surface area contributed by atoms with Gasteiger partial charge in [-0.1, -0.05) is 23.2 Å². The molecule has 4 rings (SSSR count). The van der Waals surface area contributed by atoms with Gasteiger partial charge in [-0.2, -0.15) is 0 Å². The van der Waals surface area contributed by atoms with E-state index in [1.807, 2.05) is 6.92 Å². The zero-order valence-corrected chi connectivity index (χ0v) is 17.4. The summed E-state index contributed by atoms with van der Waals surface area (Å²) in [5.41, 5.74) is 0.624. The summed E-state index contributed by atoms with van der Waals surface area (Å²) in [5, 5.41) is 12.0. The Morgan fingerprint density at radius 1 is 1.17 bits per heavy atom. The Kier molecular flexibility index (Phi) is 5.76. The number of nitrogens with one attached hydrogen (secondary N) is 1. The van der Waals surface area contributed by atoms with Gasteiger partial charge in [0.05, 0.1) is 16.6 Å². The fraction of sp³-hybridized carbons (Fsp3) is 0.474. The minimum absolute atomic E-state index is 0.125. The first kappa shape index (κ1) is 20.1. The van der Waals surface area contributed by atoms with Crippen LogP contribution in [0.1, 0.15) is 31.7 Å². The van der Waals surface area contributed by atoms with Crippen LogP contribution in [-0.2, 0) is 9.59 Å². The molecule has 0 unspecified atom stereocenters. The predicted octanol–water partition coefficient (Wildman–Crippen LogP) is 2.53. The van der Waals surface area contributed by atoms with Crippen LogP contribution in [0.25, 0.3) is 11.5 Å². The summed E-state index contributed by atoms with van der Waals surface area (Å²) in [6.45, 7) is 4.15. The smallest absolute Gasteiger partial charge is 0.311 e. The molecular formula is C19H21Cl2N5O3. The van der Waals surface area contributed by atoms with E-state index < -0.39 is 11.8 Å². The molecule has 29 heavy (non-hydrogen) atoms. The van der Waals surface area contributed by atoms with Crippen LogP contribution < -0.4 is 5.32 Å². The average Bonchev–Trinajstić information content (AvgIpc) is 3.39. The number of hydrogen-bond acceptors (Lipinski definition) is 6. The van der Waals surface area contributed by atoms with E-state index in [0.717, 1.165) is 12.8 Å². The lowest BCUT2D eigenvalue weighted by atomic mass is 10.2. The van der Waals surface area contributed by atoms with Gasteiger partial charge in [-0.15, -0.1) is 10.2 Å². The minimum atomic E-state index is -0.504. The Morgan fingerprint density at radius 3 is 2.55 bits per heavy atom. The number of halogens is 2. The molecule has 154 valence electrons. The molecular weight excluding hydrogens is 417 g/mol. The van der Waals surface area contributed by atoms with E-state index in [1.165, 1.54) is 0 Å². The first-order valence-corrected chi connectivity index (χ1v) is 10.3. The van der Waals surface area contributed by atoms with Gasteiger partial charge < -0.3 is 14.6 Å². The van der Waals surface area contributed by atoms with Crippen molar-refractivity contribution in [3.63, 3.8) is 0 Å². The second kappa shape index (κ2) is 8.30. The number of benzene rings is 1. The highest BCUT2D eigenvalue weighted by Crippen LogP contribution is 2.31. The van der Waals surface area contributed by atoms with Crippen molar-refractivity contribution >= 4 is 35.0 Å². The largest absolute Gasteiger partial charge is 0.419 e. The van der Waals surface area contributed by atoms with E-state index in [0.29, 0.717) is 53.6 Å². The topological polar surface area (TPSA) is 91.6 Å². The van der Waals surface area contributed by atoms with Crippen LogP contribution in [0.4, 0.5) is 0 Å². The third-order valence-corrected chi connectivity index (χ3v) is 5.76. The lowest BCUT2D eigenvalue weighted by molar-refractivity contribution is -0.147. The van der Waals surface area contributed by atoms with Gasteiger partial charge in [0.15, 0.2) is 0 Å². The summed E-state index contributed by atoms with van der Waals surface area (Å²) >= 11 is 12.1. The van der Waals surface area contributed by atoms with Crippen molar-refractivity contribution in [1.82, 2.24) is 25.3 Å². The Hall–Kier alpha value is -2.16. The van der Waals surface area contributed by atoms with Crippen molar-refractivity contribution < 1.29 is 14.0 Å². The fourth-order valence-electron chi connectivity index (χ4n) is 3.26. The number of aromatic nitrogens is 2. The van der Waals surface area contributed by atoms with Crippen LogP contribution in [0, 0.1) is 0 Å². The molecule has 1 aliphatic heterocycles. The van der Waals surface area contributed by atoms with Gasteiger partial charge >= 0.3 is 11.8 Å². The van der Waals surface area contributed by atoms with Crippen LogP contribution in [0.15, 0.2) is 22.6 Å². The zero-order chi connectivity index (χ0) is 20.5. The highest BCUT2D eigenvalue weighted by Gasteiger charge is 2.32. The van der Waals surface area contributed by atoms with Gasteiger partial charge in [-0.25, -0.2) is 0 Å². The third-order valence-electron chi connectivity index (χ3n) is 5.22. The molecule has 1 atom stereocenters. The molecule has 1 aromatic carbocycles. The molecule has 0 bridgehead atoms. The summed E-state index contributed by atoms with van der Waals surface area (Å²) in [6.07, 6.45) is 1.91. The summed E-state index contributed by atoms with van der Waals surface area (Å²) in [5.74, 6) is -0.159. The molecule has 1 aliphatic carbocycles. The second-order valence-corrected chi connectivity index (χ2v) is 8.17. The van der Waals surface area contributed by atoms with Crippen molar-refractivity contribution in [3.8, 4) is 11.5 Å². The van der Waals surface area contributed by atoms with Crippen LogP contribution in [-0.4, -0.2) is 64.0 Å². The minimum Gasteiger partial charge on any atom is -0.419 e. The number of nitrogens with zero attached hydrogens (tertiary/aromatic N) is 4. The van der Waals surface area contributed by atoms with Crippen molar-refractivity contribution in [2.24, 2.45) is 0 Å². The van der Waals surface area contributed by atoms with E-state index in [2.05, 4.69) is 20.4 Å². The molecule has 2 amide bonds.